The van der Waals surface area contributed by atoms with Crippen molar-refractivity contribution in [2.75, 3.05) is 53.5 Å². The van der Waals surface area contributed by atoms with Crippen molar-refractivity contribution in [1.29, 1.82) is 0 Å². The fourth-order valence-electron chi connectivity index (χ4n) is 5.76. The van der Waals surface area contributed by atoms with Crippen LogP contribution in [0.1, 0.15) is 43.2 Å². The van der Waals surface area contributed by atoms with Crippen molar-refractivity contribution >= 4 is 29.9 Å². The largest absolute Gasteiger partial charge is 0.467 e. The molecule has 2 amide bonds. The number of esters is 2. The summed E-state index contributed by atoms with van der Waals surface area (Å²) in [5, 5.41) is 3.22. The van der Waals surface area contributed by atoms with Crippen LogP contribution in [0.2, 0.25) is 0 Å². The topological polar surface area (TPSA) is 144 Å². The summed E-state index contributed by atoms with van der Waals surface area (Å²) in [5.74, 6) is -1.23. The number of Topliss-reactive ketones (excluding diaryl/α,β-unsaturated/α-hetero) is 1. The molecule has 1 N–H and O–H groups in total. The van der Waals surface area contributed by atoms with E-state index in [1.54, 1.807) is 0 Å². The lowest BCUT2D eigenvalue weighted by Crippen LogP contribution is -2.42. The molecular formula is C36H46N4O9. The summed E-state index contributed by atoms with van der Waals surface area (Å²) in [7, 11) is 2.55. The fourth-order valence-corrected chi connectivity index (χ4v) is 5.76. The first-order valence-electron chi connectivity index (χ1n) is 16.6. The van der Waals surface area contributed by atoms with E-state index in [4.69, 9.17) is 14.2 Å². The van der Waals surface area contributed by atoms with Gasteiger partial charge in [0, 0.05) is 25.2 Å². The molecule has 4 aliphatic rings. The molecule has 4 heterocycles. The van der Waals surface area contributed by atoms with Crippen LogP contribution in [-0.2, 0) is 46.5 Å². The average molecular weight is 679 g/mol. The molecule has 2 aromatic rings. The molecule has 264 valence electrons. The van der Waals surface area contributed by atoms with Crippen molar-refractivity contribution in [3.05, 3.63) is 83.6 Å². The standard InChI is InChI=1S/C18H22N2O4.C14H15NO5.C4H9N/c1-23-17(21)16-11-15(19-9-5-6-10-19)12-20(16)18(22)24-13-14-7-3-2-4-8-14;1-19-13(17)12-7-11(16)8-15(12)14(18)20-9-10-5-3-2-4-6-10;1-2-4-5-3-1/h2-4,7-8,11,16H,5-6,9-10,12-13H2,1H3;2-6,12H,7-9H2,1H3;5H,1-4H2/t16-;12-;/m00./s1. The number of ketones is 1. The summed E-state index contributed by atoms with van der Waals surface area (Å²) < 4.78 is 19.9. The molecule has 13 nitrogen and oxygen atoms in total. The summed E-state index contributed by atoms with van der Waals surface area (Å²) in [6.07, 6.45) is 5.67. The molecule has 13 heteroatoms. The number of likely N-dealkylation sites (tertiary alicyclic amines) is 2. The molecule has 2 aromatic carbocycles. The molecule has 49 heavy (non-hydrogen) atoms. The third-order valence-electron chi connectivity index (χ3n) is 8.43. The first-order valence-corrected chi connectivity index (χ1v) is 16.6. The van der Waals surface area contributed by atoms with Crippen LogP contribution >= 0.6 is 0 Å². The molecule has 4 aliphatic heterocycles. The number of rotatable bonds is 7. The van der Waals surface area contributed by atoms with E-state index in [0.717, 1.165) is 47.7 Å². The molecule has 2 atom stereocenters. The summed E-state index contributed by atoms with van der Waals surface area (Å²) >= 11 is 0. The predicted molar refractivity (Wildman–Crippen MR) is 179 cm³/mol. The number of nitrogens with zero attached hydrogens (tertiary/aromatic N) is 3. The number of nitrogens with one attached hydrogen (secondary N) is 1. The molecule has 0 aromatic heterocycles. The van der Waals surface area contributed by atoms with Gasteiger partial charge in [-0.05, 0) is 56.0 Å². The van der Waals surface area contributed by atoms with Crippen LogP contribution in [0, 0.1) is 0 Å². The first kappa shape index (κ1) is 36.9. The second-order valence-corrected chi connectivity index (χ2v) is 11.9. The second-order valence-electron chi connectivity index (χ2n) is 11.9. The Kier molecular flexibility index (Phi) is 14.4. The maximum Gasteiger partial charge on any atom is 0.411 e. The highest BCUT2D eigenvalue weighted by atomic mass is 16.6. The van der Waals surface area contributed by atoms with Crippen LogP contribution in [-0.4, -0.2) is 110 Å². The minimum Gasteiger partial charge on any atom is -0.467 e. The van der Waals surface area contributed by atoms with E-state index >= 15 is 0 Å². The molecule has 0 unspecified atom stereocenters. The Morgan fingerprint density at radius 2 is 1.24 bits per heavy atom. The van der Waals surface area contributed by atoms with Gasteiger partial charge in [-0.1, -0.05) is 60.7 Å². The number of hydrogen-bond donors (Lipinski definition) is 1. The Labute approximate surface area is 287 Å². The van der Waals surface area contributed by atoms with Gasteiger partial charge in [0.1, 0.15) is 19.3 Å². The number of methoxy groups -OCH3 is 2. The number of amides is 2. The normalized spacial score (nSPS) is 19.6. The van der Waals surface area contributed by atoms with Gasteiger partial charge in [0.15, 0.2) is 11.8 Å². The highest BCUT2D eigenvalue weighted by Crippen LogP contribution is 2.25. The van der Waals surface area contributed by atoms with E-state index in [-0.39, 0.29) is 32.0 Å². The van der Waals surface area contributed by atoms with Gasteiger partial charge in [0.2, 0.25) is 0 Å². The number of carbonyl (C=O) groups is 5. The molecule has 0 radical (unpaired) electrons. The second kappa shape index (κ2) is 19.2. The highest BCUT2D eigenvalue weighted by Gasteiger charge is 2.40. The van der Waals surface area contributed by atoms with Crippen molar-refractivity contribution in [1.82, 2.24) is 20.0 Å². The minimum atomic E-state index is -0.879. The smallest absolute Gasteiger partial charge is 0.411 e. The van der Waals surface area contributed by atoms with Gasteiger partial charge in [-0.3, -0.25) is 14.6 Å². The first-order chi connectivity index (χ1) is 23.8. The summed E-state index contributed by atoms with van der Waals surface area (Å²) in [6.45, 7) is 4.97. The van der Waals surface area contributed by atoms with Gasteiger partial charge in [-0.15, -0.1) is 0 Å². The lowest BCUT2D eigenvalue weighted by molar-refractivity contribution is -0.145. The Bertz CT molecular complexity index is 1420. The summed E-state index contributed by atoms with van der Waals surface area (Å²) in [5.41, 5.74) is 2.74. The van der Waals surface area contributed by atoms with Crippen LogP contribution in [0.25, 0.3) is 0 Å². The maximum absolute atomic E-state index is 12.5. The summed E-state index contributed by atoms with van der Waals surface area (Å²) in [4.78, 5) is 64.1. The van der Waals surface area contributed by atoms with Gasteiger partial charge < -0.3 is 29.2 Å². The van der Waals surface area contributed by atoms with E-state index in [0.29, 0.717) is 6.54 Å². The minimum absolute atomic E-state index is 0.0207. The molecule has 3 fully saturated rings. The predicted octanol–water partition coefficient (Wildman–Crippen LogP) is 3.67. The van der Waals surface area contributed by atoms with E-state index in [1.165, 1.54) is 45.1 Å². The monoisotopic (exact) mass is 678 g/mol. The van der Waals surface area contributed by atoms with Gasteiger partial charge in [-0.25, -0.2) is 19.2 Å². The SMILES string of the molecule is C1CCNC1.COC(=O)[C@@H]1C=C(N2CCCC2)CN1C(=O)OCc1ccccc1.COC(=O)[C@@H]1CC(=O)CN1C(=O)OCc1ccccc1. The zero-order chi connectivity index (χ0) is 35.0. The Morgan fingerprint density at radius 1 is 0.714 bits per heavy atom. The molecule has 6 rings (SSSR count). The van der Waals surface area contributed by atoms with Gasteiger partial charge in [0.05, 0.1) is 27.3 Å². The van der Waals surface area contributed by atoms with Gasteiger partial charge in [-0.2, -0.15) is 0 Å². The number of ether oxygens (including phenoxy) is 4. The lowest BCUT2D eigenvalue weighted by Gasteiger charge is -2.24. The average Bonchev–Trinajstić information content (AvgIpc) is 3.98. The van der Waals surface area contributed by atoms with Crippen LogP contribution in [0.3, 0.4) is 0 Å². The van der Waals surface area contributed by atoms with Crippen molar-refractivity contribution in [2.24, 2.45) is 0 Å². The van der Waals surface area contributed by atoms with Crippen molar-refractivity contribution < 1.29 is 42.9 Å². The zero-order valence-electron chi connectivity index (χ0n) is 28.2. The molecule has 0 saturated carbocycles. The zero-order valence-corrected chi connectivity index (χ0v) is 28.2. The Morgan fingerprint density at radius 3 is 1.73 bits per heavy atom. The van der Waals surface area contributed by atoms with E-state index in [1.807, 2.05) is 66.7 Å². The number of hydrogen-bond acceptors (Lipinski definition) is 11. The van der Waals surface area contributed by atoms with Gasteiger partial charge >= 0.3 is 24.1 Å². The number of benzene rings is 2. The molecule has 0 spiro atoms. The van der Waals surface area contributed by atoms with E-state index in [9.17, 15) is 24.0 Å². The van der Waals surface area contributed by atoms with Crippen LogP contribution in [0.15, 0.2) is 72.4 Å². The quantitative estimate of drug-likeness (QED) is 0.339. The van der Waals surface area contributed by atoms with E-state index < -0.39 is 36.2 Å². The Hall–Kier alpha value is -4.91. The van der Waals surface area contributed by atoms with Gasteiger partial charge in [0.25, 0.3) is 0 Å². The molecule has 0 bridgehead atoms. The van der Waals surface area contributed by atoms with Crippen molar-refractivity contribution in [3.8, 4) is 0 Å². The maximum atomic E-state index is 12.5. The number of carbonyl (C=O) groups excluding carboxylic acids is 5. The molecule has 0 aliphatic carbocycles. The van der Waals surface area contributed by atoms with Crippen LogP contribution in [0.4, 0.5) is 9.59 Å². The molecule has 3 saturated heterocycles. The van der Waals surface area contributed by atoms with E-state index in [2.05, 4.69) is 15.0 Å². The van der Waals surface area contributed by atoms with Crippen LogP contribution in [0.5, 0.6) is 0 Å². The fraction of sp³-hybridized carbons (Fsp3) is 0.472. The third-order valence-corrected chi connectivity index (χ3v) is 8.43. The third kappa shape index (κ3) is 11.1. The highest BCUT2D eigenvalue weighted by molar-refractivity contribution is 5.95. The Balaban J connectivity index is 0.000000195. The summed E-state index contributed by atoms with van der Waals surface area (Å²) in [6, 6.07) is 17.0. The van der Waals surface area contributed by atoms with Crippen molar-refractivity contribution in [3.63, 3.8) is 0 Å². The molecular weight excluding hydrogens is 632 g/mol. The lowest BCUT2D eigenvalue weighted by atomic mass is 10.2. The van der Waals surface area contributed by atoms with Crippen LogP contribution < -0.4 is 5.32 Å². The van der Waals surface area contributed by atoms with Crippen molar-refractivity contribution in [2.45, 2.75) is 57.4 Å².